The Bertz CT molecular complexity index is 972. The Morgan fingerprint density at radius 2 is 1.91 bits per heavy atom. The number of nitrogens with one attached hydrogen (secondary N) is 1. The summed E-state index contributed by atoms with van der Waals surface area (Å²) in [5.41, 5.74) is 3.27. The van der Waals surface area contributed by atoms with E-state index in [4.69, 9.17) is 35.8 Å². The maximum Gasteiger partial charge on any atom is 0.409 e. The summed E-state index contributed by atoms with van der Waals surface area (Å²) in [4.78, 5) is 23.6. The van der Waals surface area contributed by atoms with Crippen LogP contribution in [0.15, 0.2) is 18.2 Å². The van der Waals surface area contributed by atoms with Crippen LogP contribution in [0.4, 0.5) is 10.6 Å². The van der Waals surface area contributed by atoms with Gasteiger partial charge >= 0.3 is 6.09 Å². The monoisotopic (exact) mass is 476 g/mol. The van der Waals surface area contributed by atoms with E-state index in [0.717, 1.165) is 29.1 Å². The number of hydrogen-bond acceptors (Lipinski definition) is 7. The summed E-state index contributed by atoms with van der Waals surface area (Å²) in [7, 11) is 3.00. The van der Waals surface area contributed by atoms with E-state index >= 15 is 0 Å². The second kappa shape index (κ2) is 11.5. The van der Waals surface area contributed by atoms with E-state index in [-0.39, 0.29) is 18.2 Å². The van der Waals surface area contributed by atoms with Crippen molar-refractivity contribution >= 4 is 23.5 Å². The van der Waals surface area contributed by atoms with Gasteiger partial charge in [-0.05, 0) is 37.5 Å². The van der Waals surface area contributed by atoms with E-state index in [0.29, 0.717) is 49.1 Å². The molecule has 1 N–H and O–H groups in total. The van der Waals surface area contributed by atoms with Crippen LogP contribution in [-0.4, -0.2) is 67.0 Å². The van der Waals surface area contributed by atoms with E-state index in [1.807, 2.05) is 26.0 Å². The van der Waals surface area contributed by atoms with Crippen molar-refractivity contribution in [1.29, 1.82) is 0 Å². The fraction of sp³-hybridized carbons (Fsp3) is 0.542. The van der Waals surface area contributed by atoms with E-state index in [1.54, 1.807) is 18.1 Å². The second-order valence-electron chi connectivity index (χ2n) is 7.90. The van der Waals surface area contributed by atoms with Crippen LogP contribution < -0.4 is 10.1 Å². The molecule has 0 bridgehead atoms. The molecule has 2 aromatic rings. The number of halogens is 1. The average molecular weight is 477 g/mol. The summed E-state index contributed by atoms with van der Waals surface area (Å²) in [6.07, 6.45) is 1.77. The molecule has 0 radical (unpaired) electrons. The Kier molecular flexibility index (Phi) is 8.74. The van der Waals surface area contributed by atoms with Gasteiger partial charge in [0.05, 0.1) is 55.0 Å². The maximum absolute atomic E-state index is 12.1. The summed E-state index contributed by atoms with van der Waals surface area (Å²) in [5.74, 6) is 1.41. The molecule has 1 fully saturated rings. The number of anilines is 1. The summed E-state index contributed by atoms with van der Waals surface area (Å²) >= 11 is 6.54. The molecule has 0 aliphatic carbocycles. The van der Waals surface area contributed by atoms with E-state index in [2.05, 4.69) is 12.2 Å². The van der Waals surface area contributed by atoms with Crippen LogP contribution in [0.2, 0.25) is 5.02 Å². The van der Waals surface area contributed by atoms with Crippen molar-refractivity contribution in [3.05, 3.63) is 34.6 Å². The fourth-order valence-electron chi connectivity index (χ4n) is 3.95. The van der Waals surface area contributed by atoms with Crippen LogP contribution in [0.1, 0.15) is 38.6 Å². The normalized spacial score (nSPS) is 17.8. The largest absolute Gasteiger partial charge is 0.497 e. The first-order chi connectivity index (χ1) is 15.9. The summed E-state index contributed by atoms with van der Waals surface area (Å²) in [5, 5.41) is 4.08. The molecule has 9 heteroatoms. The standard InChI is InChI=1S/C24H33ClN4O4/c1-6-11-33-21-14-29(24(30)32-5)13-20(21)28-23-19(8-3)26-22(18(7-2)27-23)16-10-9-15(31-4)12-17(16)25/h9-10,12,20-21H,6-8,11,13-14H2,1-5H3,(H,27,28)/t20-,21+/m1/s1. The molecular weight excluding hydrogens is 444 g/mol. The summed E-state index contributed by atoms with van der Waals surface area (Å²) < 4.78 is 16.2. The minimum absolute atomic E-state index is 0.115. The van der Waals surface area contributed by atoms with E-state index in [1.165, 1.54) is 7.11 Å². The Balaban J connectivity index is 1.93. The number of methoxy groups -OCH3 is 2. The first-order valence-electron chi connectivity index (χ1n) is 11.4. The number of ether oxygens (including phenoxy) is 3. The molecule has 0 saturated carbocycles. The molecule has 1 amide bonds. The lowest BCUT2D eigenvalue weighted by Crippen LogP contribution is -2.35. The highest BCUT2D eigenvalue weighted by Gasteiger charge is 2.37. The number of benzene rings is 1. The molecule has 33 heavy (non-hydrogen) atoms. The van der Waals surface area contributed by atoms with Crippen LogP contribution in [0, 0.1) is 0 Å². The minimum Gasteiger partial charge on any atom is -0.497 e. The number of rotatable bonds is 9. The van der Waals surface area contributed by atoms with Crippen LogP contribution in [0.25, 0.3) is 11.3 Å². The number of likely N-dealkylation sites (tertiary alicyclic amines) is 1. The predicted octanol–water partition coefficient (Wildman–Crippen LogP) is 4.59. The molecule has 0 spiro atoms. The van der Waals surface area contributed by atoms with Gasteiger partial charge in [-0.25, -0.2) is 14.8 Å². The Morgan fingerprint density at radius 1 is 1.15 bits per heavy atom. The highest BCUT2D eigenvalue weighted by molar-refractivity contribution is 6.33. The van der Waals surface area contributed by atoms with Gasteiger partial charge in [-0.2, -0.15) is 0 Å². The van der Waals surface area contributed by atoms with Crippen molar-refractivity contribution < 1.29 is 19.0 Å². The van der Waals surface area contributed by atoms with Gasteiger partial charge in [0.25, 0.3) is 0 Å². The SMILES string of the molecule is CCCO[C@H]1CN(C(=O)OC)C[C@H]1Nc1nc(CC)c(-c2ccc(OC)cc2Cl)nc1CC. The van der Waals surface area contributed by atoms with Crippen molar-refractivity contribution in [2.24, 2.45) is 0 Å². The van der Waals surface area contributed by atoms with Crippen molar-refractivity contribution in [2.75, 3.05) is 39.2 Å². The third-order valence-electron chi connectivity index (χ3n) is 5.70. The van der Waals surface area contributed by atoms with Gasteiger partial charge in [-0.1, -0.05) is 32.4 Å². The van der Waals surface area contributed by atoms with Gasteiger partial charge < -0.3 is 24.4 Å². The lowest BCUT2D eigenvalue weighted by atomic mass is 10.1. The number of carbonyl (C=O) groups is 1. The molecule has 1 aliphatic rings. The Morgan fingerprint density at radius 3 is 2.52 bits per heavy atom. The third kappa shape index (κ3) is 5.68. The first-order valence-corrected chi connectivity index (χ1v) is 11.8. The van der Waals surface area contributed by atoms with Crippen molar-refractivity contribution in [3.8, 4) is 17.0 Å². The van der Waals surface area contributed by atoms with Gasteiger partial charge in [0.1, 0.15) is 11.6 Å². The molecular formula is C24H33ClN4O4. The molecule has 2 heterocycles. The molecule has 1 aliphatic heterocycles. The smallest absolute Gasteiger partial charge is 0.409 e. The fourth-order valence-corrected chi connectivity index (χ4v) is 4.21. The molecule has 1 aromatic heterocycles. The van der Waals surface area contributed by atoms with Crippen LogP contribution in [0.5, 0.6) is 5.75 Å². The second-order valence-corrected chi connectivity index (χ2v) is 8.31. The summed E-state index contributed by atoms with van der Waals surface area (Å²) in [6, 6.07) is 5.45. The predicted molar refractivity (Wildman–Crippen MR) is 129 cm³/mol. The zero-order valence-electron chi connectivity index (χ0n) is 20.0. The number of aromatic nitrogens is 2. The van der Waals surface area contributed by atoms with Gasteiger partial charge in [0, 0.05) is 18.7 Å². The van der Waals surface area contributed by atoms with E-state index < -0.39 is 0 Å². The number of nitrogens with zero attached hydrogens (tertiary/aromatic N) is 3. The topological polar surface area (TPSA) is 85.8 Å². The van der Waals surface area contributed by atoms with Crippen LogP contribution >= 0.6 is 11.6 Å². The number of aryl methyl sites for hydroxylation is 2. The number of amides is 1. The van der Waals surface area contributed by atoms with E-state index in [9.17, 15) is 4.79 Å². The molecule has 0 unspecified atom stereocenters. The molecule has 8 nitrogen and oxygen atoms in total. The number of hydrogen-bond donors (Lipinski definition) is 1. The van der Waals surface area contributed by atoms with Crippen molar-refractivity contribution in [1.82, 2.24) is 14.9 Å². The quantitative estimate of drug-likeness (QED) is 0.566. The van der Waals surface area contributed by atoms with Crippen LogP contribution in [0.3, 0.4) is 0 Å². The molecule has 1 saturated heterocycles. The molecule has 1 aromatic carbocycles. The molecule has 3 rings (SSSR count). The molecule has 2 atom stereocenters. The van der Waals surface area contributed by atoms with Gasteiger partial charge in [-0.3, -0.25) is 0 Å². The lowest BCUT2D eigenvalue weighted by molar-refractivity contribution is 0.0529. The molecule has 180 valence electrons. The third-order valence-corrected chi connectivity index (χ3v) is 6.01. The van der Waals surface area contributed by atoms with Crippen molar-refractivity contribution in [3.63, 3.8) is 0 Å². The minimum atomic E-state index is -0.357. The summed E-state index contributed by atoms with van der Waals surface area (Å²) in [6.45, 7) is 7.72. The van der Waals surface area contributed by atoms with Gasteiger partial charge in [-0.15, -0.1) is 0 Å². The maximum atomic E-state index is 12.1. The Hall–Kier alpha value is -2.58. The zero-order valence-corrected chi connectivity index (χ0v) is 20.7. The van der Waals surface area contributed by atoms with Crippen molar-refractivity contribution in [2.45, 2.75) is 52.2 Å². The highest BCUT2D eigenvalue weighted by Crippen LogP contribution is 2.33. The first kappa shape index (κ1) is 25.1. The van der Waals surface area contributed by atoms with Gasteiger partial charge in [0.2, 0.25) is 0 Å². The van der Waals surface area contributed by atoms with Gasteiger partial charge in [0.15, 0.2) is 0 Å². The zero-order chi connectivity index (χ0) is 24.0. The Labute approximate surface area is 200 Å². The highest BCUT2D eigenvalue weighted by atomic mass is 35.5. The van der Waals surface area contributed by atoms with Crippen LogP contribution in [-0.2, 0) is 22.3 Å². The number of carbonyl (C=O) groups excluding carboxylic acids is 1. The lowest BCUT2D eigenvalue weighted by Gasteiger charge is -2.22. The average Bonchev–Trinajstić information content (AvgIpc) is 3.24.